The number of benzene rings is 1. The highest BCUT2D eigenvalue weighted by Crippen LogP contribution is 2.28. The predicted octanol–water partition coefficient (Wildman–Crippen LogP) is 3.38. The van der Waals surface area contributed by atoms with Gasteiger partial charge in [-0.1, -0.05) is 12.1 Å². The van der Waals surface area contributed by atoms with Crippen LogP contribution in [-0.2, 0) is 0 Å². The van der Waals surface area contributed by atoms with E-state index < -0.39 is 5.92 Å². The van der Waals surface area contributed by atoms with Crippen LogP contribution in [0, 0.1) is 0 Å². The number of hydrogen-bond donors (Lipinski definition) is 1. The Morgan fingerprint density at radius 2 is 2.00 bits per heavy atom. The van der Waals surface area contributed by atoms with Gasteiger partial charge in [-0.3, -0.25) is 0 Å². The molecule has 1 fully saturated rings. The number of amides is 2. The average molecular weight is 364 g/mol. The third-order valence-electron chi connectivity index (χ3n) is 4.56. The zero-order valence-corrected chi connectivity index (χ0v) is 14.8. The lowest BCUT2D eigenvalue weighted by Gasteiger charge is -2.32. The highest BCUT2D eigenvalue weighted by Gasteiger charge is 2.35. The van der Waals surface area contributed by atoms with E-state index >= 15 is 0 Å². The van der Waals surface area contributed by atoms with Crippen LogP contribution < -0.4 is 10.1 Å². The summed E-state index contributed by atoms with van der Waals surface area (Å²) in [6.45, 7) is 1.96. The van der Waals surface area contributed by atoms with Crippen molar-refractivity contribution >= 4 is 6.03 Å². The largest absolute Gasteiger partial charge is 0.494 e. The summed E-state index contributed by atoms with van der Waals surface area (Å²) in [5.74, 6) is -1.98. The normalized spacial score (nSPS) is 17.6. The van der Waals surface area contributed by atoms with Crippen molar-refractivity contribution in [2.75, 3.05) is 20.2 Å². The summed E-state index contributed by atoms with van der Waals surface area (Å²) in [6.07, 6.45) is 2.90. The van der Waals surface area contributed by atoms with Crippen LogP contribution in [-0.4, -0.2) is 46.8 Å². The molecule has 1 unspecified atom stereocenters. The molecule has 1 saturated heterocycles. The van der Waals surface area contributed by atoms with Crippen molar-refractivity contribution in [3.05, 3.63) is 42.2 Å². The third kappa shape index (κ3) is 3.95. The second kappa shape index (κ2) is 7.31. The van der Waals surface area contributed by atoms with Gasteiger partial charge in [0, 0.05) is 37.7 Å². The molecule has 1 aliphatic rings. The van der Waals surface area contributed by atoms with Crippen LogP contribution in [0.1, 0.15) is 31.4 Å². The Balaban J connectivity index is 1.65. The van der Waals surface area contributed by atoms with Crippen molar-refractivity contribution in [1.29, 1.82) is 0 Å². The molecule has 26 heavy (non-hydrogen) atoms. The molecule has 3 rings (SSSR count). The molecule has 0 spiro atoms. The van der Waals surface area contributed by atoms with Gasteiger partial charge in [0.2, 0.25) is 0 Å². The SMILES string of the molecule is COc1ccccc1-n1cc(C(C)NC(=O)N2CCC(F)(F)CC2)cn1. The van der Waals surface area contributed by atoms with E-state index in [9.17, 15) is 13.6 Å². The van der Waals surface area contributed by atoms with Gasteiger partial charge in [-0.25, -0.2) is 18.3 Å². The molecule has 0 bridgehead atoms. The lowest BCUT2D eigenvalue weighted by molar-refractivity contribution is -0.0470. The Bertz CT molecular complexity index is 768. The highest BCUT2D eigenvalue weighted by molar-refractivity contribution is 5.74. The van der Waals surface area contributed by atoms with Gasteiger partial charge in [0.1, 0.15) is 11.4 Å². The molecule has 0 saturated carbocycles. The van der Waals surface area contributed by atoms with Crippen molar-refractivity contribution < 1.29 is 18.3 Å². The summed E-state index contributed by atoms with van der Waals surface area (Å²) in [5.41, 5.74) is 1.60. The Morgan fingerprint density at radius 1 is 1.31 bits per heavy atom. The first kappa shape index (κ1) is 18.2. The van der Waals surface area contributed by atoms with Gasteiger partial charge in [0.25, 0.3) is 5.92 Å². The van der Waals surface area contributed by atoms with Gasteiger partial charge in [0.05, 0.1) is 19.3 Å². The molecule has 1 atom stereocenters. The van der Waals surface area contributed by atoms with Crippen LogP contribution in [0.3, 0.4) is 0 Å². The topological polar surface area (TPSA) is 59.4 Å². The summed E-state index contributed by atoms with van der Waals surface area (Å²) < 4.78 is 33.4. The minimum absolute atomic E-state index is 0.0615. The zero-order chi connectivity index (χ0) is 18.7. The molecule has 1 aliphatic heterocycles. The predicted molar refractivity (Wildman–Crippen MR) is 92.8 cm³/mol. The number of nitrogens with zero attached hydrogens (tertiary/aromatic N) is 3. The van der Waals surface area contributed by atoms with E-state index in [4.69, 9.17) is 4.74 Å². The highest BCUT2D eigenvalue weighted by atomic mass is 19.3. The fraction of sp³-hybridized carbons (Fsp3) is 0.444. The van der Waals surface area contributed by atoms with Crippen molar-refractivity contribution in [3.63, 3.8) is 0 Å². The Kier molecular flexibility index (Phi) is 5.11. The van der Waals surface area contributed by atoms with Gasteiger partial charge in [-0.2, -0.15) is 5.10 Å². The molecular formula is C18H22F2N4O2. The lowest BCUT2D eigenvalue weighted by atomic mass is 10.1. The monoisotopic (exact) mass is 364 g/mol. The maximum Gasteiger partial charge on any atom is 0.317 e. The van der Waals surface area contributed by atoms with Gasteiger partial charge < -0.3 is 15.0 Å². The number of para-hydroxylation sites is 2. The van der Waals surface area contributed by atoms with E-state index in [1.165, 1.54) is 4.90 Å². The third-order valence-corrected chi connectivity index (χ3v) is 4.56. The summed E-state index contributed by atoms with van der Waals surface area (Å²) in [7, 11) is 1.59. The number of carbonyl (C=O) groups excluding carboxylic acids is 1. The van der Waals surface area contributed by atoms with Gasteiger partial charge in [-0.05, 0) is 19.1 Å². The van der Waals surface area contributed by atoms with E-state index in [0.29, 0.717) is 5.75 Å². The summed E-state index contributed by atoms with van der Waals surface area (Å²) in [5, 5.41) is 7.17. The van der Waals surface area contributed by atoms with Crippen LogP contribution in [0.15, 0.2) is 36.7 Å². The minimum atomic E-state index is -2.67. The number of piperidine rings is 1. The Morgan fingerprint density at radius 3 is 2.69 bits per heavy atom. The first-order chi connectivity index (χ1) is 12.4. The average Bonchev–Trinajstić information content (AvgIpc) is 3.11. The van der Waals surface area contributed by atoms with Gasteiger partial charge >= 0.3 is 6.03 Å². The number of urea groups is 1. The molecule has 6 nitrogen and oxygen atoms in total. The van der Waals surface area contributed by atoms with E-state index in [2.05, 4.69) is 10.4 Å². The number of carbonyl (C=O) groups is 1. The summed E-state index contributed by atoms with van der Waals surface area (Å²) >= 11 is 0. The first-order valence-electron chi connectivity index (χ1n) is 8.51. The maximum absolute atomic E-state index is 13.2. The first-order valence-corrected chi connectivity index (χ1v) is 8.51. The van der Waals surface area contributed by atoms with Gasteiger partial charge in [-0.15, -0.1) is 0 Å². The number of hydrogen-bond acceptors (Lipinski definition) is 3. The molecule has 0 radical (unpaired) electrons. The summed E-state index contributed by atoms with van der Waals surface area (Å²) in [6, 6.07) is 6.85. The van der Waals surface area contributed by atoms with Gasteiger partial charge in [0.15, 0.2) is 0 Å². The van der Waals surface area contributed by atoms with E-state index in [1.807, 2.05) is 37.4 Å². The van der Waals surface area contributed by atoms with Crippen LogP contribution in [0.2, 0.25) is 0 Å². The number of ether oxygens (including phenoxy) is 1. The van der Waals surface area contributed by atoms with E-state index in [0.717, 1.165) is 11.3 Å². The van der Waals surface area contributed by atoms with Crippen LogP contribution >= 0.6 is 0 Å². The Hall–Kier alpha value is -2.64. The second-order valence-electron chi connectivity index (χ2n) is 6.40. The maximum atomic E-state index is 13.2. The molecule has 140 valence electrons. The zero-order valence-electron chi connectivity index (χ0n) is 14.8. The molecule has 2 aromatic rings. The molecule has 8 heteroatoms. The standard InChI is InChI=1S/C18H22F2N4O2/c1-13(22-17(25)23-9-7-18(19,20)8-10-23)14-11-21-24(12-14)15-5-3-4-6-16(15)26-2/h3-6,11-13H,7-10H2,1-2H3,(H,22,25). The summed E-state index contributed by atoms with van der Waals surface area (Å²) in [4.78, 5) is 13.7. The van der Waals surface area contributed by atoms with Crippen LogP contribution in [0.25, 0.3) is 5.69 Å². The molecule has 1 aromatic heterocycles. The second-order valence-corrected chi connectivity index (χ2v) is 6.40. The number of nitrogens with one attached hydrogen (secondary N) is 1. The van der Waals surface area contributed by atoms with Crippen molar-refractivity contribution in [2.45, 2.75) is 31.7 Å². The Labute approximate surface area is 150 Å². The van der Waals surface area contributed by atoms with Crippen LogP contribution in [0.4, 0.5) is 13.6 Å². The van der Waals surface area contributed by atoms with Crippen LogP contribution in [0.5, 0.6) is 5.75 Å². The van der Waals surface area contributed by atoms with E-state index in [-0.39, 0.29) is 38.0 Å². The molecule has 1 N–H and O–H groups in total. The molecule has 1 aromatic carbocycles. The smallest absolute Gasteiger partial charge is 0.317 e. The number of likely N-dealkylation sites (tertiary alicyclic amines) is 1. The fourth-order valence-corrected chi connectivity index (χ4v) is 2.91. The van der Waals surface area contributed by atoms with Crippen molar-refractivity contribution in [3.8, 4) is 11.4 Å². The number of aromatic nitrogens is 2. The number of alkyl halides is 2. The number of methoxy groups -OCH3 is 1. The quantitative estimate of drug-likeness (QED) is 0.905. The van der Waals surface area contributed by atoms with E-state index in [1.54, 1.807) is 18.0 Å². The fourth-order valence-electron chi connectivity index (χ4n) is 2.91. The number of rotatable bonds is 4. The van der Waals surface area contributed by atoms with Crippen molar-refractivity contribution in [1.82, 2.24) is 20.0 Å². The molecular weight excluding hydrogens is 342 g/mol. The molecule has 2 heterocycles. The molecule has 0 aliphatic carbocycles. The number of halogens is 2. The lowest BCUT2D eigenvalue weighted by Crippen LogP contribution is -2.47. The van der Waals surface area contributed by atoms with Crippen molar-refractivity contribution in [2.24, 2.45) is 0 Å². The minimum Gasteiger partial charge on any atom is -0.494 e. The molecule has 2 amide bonds.